The molecule has 0 saturated carbocycles. The Kier molecular flexibility index (Phi) is 5.18. The summed E-state index contributed by atoms with van der Waals surface area (Å²) < 4.78 is 25.0. The predicted octanol–water partition coefficient (Wildman–Crippen LogP) is 3.76. The lowest BCUT2D eigenvalue weighted by Gasteiger charge is -2.06. The van der Waals surface area contributed by atoms with Gasteiger partial charge < -0.3 is 9.47 Å². The molecule has 0 fully saturated rings. The highest BCUT2D eigenvalue weighted by molar-refractivity contribution is 5.96. The van der Waals surface area contributed by atoms with Crippen LogP contribution in [0.2, 0.25) is 0 Å². The first-order valence-corrected chi connectivity index (χ1v) is 8.12. The quantitative estimate of drug-likeness (QED) is 0.644. The van der Waals surface area contributed by atoms with Crippen LogP contribution in [0.1, 0.15) is 17.3 Å². The molecule has 0 aliphatic carbocycles. The Morgan fingerprint density at radius 1 is 1.26 bits per heavy atom. The summed E-state index contributed by atoms with van der Waals surface area (Å²) in [6, 6.07) is 14.6. The van der Waals surface area contributed by atoms with Crippen LogP contribution >= 0.6 is 0 Å². The average Bonchev–Trinajstić information content (AvgIpc) is 3.14. The predicted molar refractivity (Wildman–Crippen MR) is 96.0 cm³/mol. The third kappa shape index (κ3) is 3.96. The molecule has 0 unspecified atom stereocenters. The fraction of sp³-hybridized carbons (Fsp3) is 0.150. The lowest BCUT2D eigenvalue weighted by Crippen LogP contribution is -2.13. The van der Waals surface area contributed by atoms with Gasteiger partial charge in [-0.05, 0) is 43.3 Å². The van der Waals surface area contributed by atoms with Crippen LogP contribution in [0, 0.1) is 17.1 Å². The minimum absolute atomic E-state index is 0.190. The number of carbonyl (C=O) groups is 1. The second kappa shape index (κ2) is 7.70. The van der Waals surface area contributed by atoms with E-state index in [0.717, 1.165) is 0 Å². The summed E-state index contributed by atoms with van der Waals surface area (Å²) in [5.41, 5.74) is 1.78. The number of benzene rings is 2. The number of aromatic nitrogens is 2. The third-order valence-electron chi connectivity index (χ3n) is 3.83. The molecule has 0 aliphatic rings. The number of methoxy groups -OCH3 is 1. The average molecular weight is 365 g/mol. The molecule has 1 heterocycles. The maximum absolute atomic E-state index is 13.2. The van der Waals surface area contributed by atoms with Gasteiger partial charge in [0, 0.05) is 11.8 Å². The Morgan fingerprint density at radius 2 is 2.00 bits per heavy atom. The zero-order chi connectivity index (χ0) is 19.4. The van der Waals surface area contributed by atoms with E-state index in [1.807, 2.05) is 6.07 Å². The van der Waals surface area contributed by atoms with Crippen molar-refractivity contribution in [2.24, 2.45) is 0 Å². The summed E-state index contributed by atoms with van der Waals surface area (Å²) in [5.74, 6) is -0.440. The van der Waals surface area contributed by atoms with Gasteiger partial charge in [-0.2, -0.15) is 10.4 Å². The molecule has 1 atom stereocenters. The molecule has 27 heavy (non-hydrogen) atoms. The lowest BCUT2D eigenvalue weighted by atomic mass is 10.1. The summed E-state index contributed by atoms with van der Waals surface area (Å²) >= 11 is 0. The van der Waals surface area contributed by atoms with Crippen molar-refractivity contribution < 1.29 is 18.7 Å². The molecule has 0 spiro atoms. The molecule has 0 amide bonds. The molecular formula is C20H16FN3O3. The van der Waals surface area contributed by atoms with Crippen molar-refractivity contribution in [3.8, 4) is 28.8 Å². The van der Waals surface area contributed by atoms with Gasteiger partial charge in [0.15, 0.2) is 6.10 Å². The van der Waals surface area contributed by atoms with Gasteiger partial charge in [-0.3, -0.25) is 0 Å². The van der Waals surface area contributed by atoms with E-state index < -0.39 is 12.1 Å². The van der Waals surface area contributed by atoms with Crippen molar-refractivity contribution in [2.45, 2.75) is 13.0 Å². The fourth-order valence-electron chi connectivity index (χ4n) is 2.48. The van der Waals surface area contributed by atoms with Crippen LogP contribution in [0.15, 0.2) is 54.7 Å². The molecule has 0 aliphatic heterocycles. The summed E-state index contributed by atoms with van der Waals surface area (Å²) in [6.45, 7) is 1.48. The molecule has 2 aromatic carbocycles. The lowest BCUT2D eigenvalue weighted by molar-refractivity contribution is 0.0436. The second-order valence-corrected chi connectivity index (χ2v) is 5.72. The second-order valence-electron chi connectivity index (χ2n) is 5.72. The minimum atomic E-state index is -0.898. The molecule has 3 rings (SSSR count). The van der Waals surface area contributed by atoms with Crippen LogP contribution in [-0.2, 0) is 4.74 Å². The van der Waals surface area contributed by atoms with Crippen molar-refractivity contribution in [3.05, 3.63) is 66.1 Å². The molecule has 0 bridgehead atoms. The largest absolute Gasteiger partial charge is 0.497 e. The van der Waals surface area contributed by atoms with Crippen LogP contribution in [0.3, 0.4) is 0 Å². The summed E-state index contributed by atoms with van der Waals surface area (Å²) in [4.78, 5) is 12.5. The Hall–Kier alpha value is -3.66. The standard InChI is InChI=1S/C20H16FN3O3/c1-13(11-22)27-20(25)18-12-24(16-8-6-15(21)7-9-16)23-19(18)14-4-3-5-17(10-14)26-2/h3-10,12-13H,1-2H3/t13-/m1/s1. The summed E-state index contributed by atoms with van der Waals surface area (Å²) in [5, 5.41) is 13.4. The van der Waals surface area contributed by atoms with Gasteiger partial charge in [-0.15, -0.1) is 0 Å². The fourth-order valence-corrected chi connectivity index (χ4v) is 2.48. The smallest absolute Gasteiger partial charge is 0.343 e. The maximum atomic E-state index is 13.2. The van der Waals surface area contributed by atoms with E-state index in [1.54, 1.807) is 43.5 Å². The van der Waals surface area contributed by atoms with Crippen molar-refractivity contribution >= 4 is 5.97 Å². The zero-order valence-corrected chi connectivity index (χ0v) is 14.7. The normalized spacial score (nSPS) is 11.5. The molecule has 6 nitrogen and oxygen atoms in total. The maximum Gasteiger partial charge on any atom is 0.343 e. The number of rotatable bonds is 5. The van der Waals surface area contributed by atoms with Crippen molar-refractivity contribution in [1.29, 1.82) is 5.26 Å². The molecule has 0 saturated heterocycles. The molecular weight excluding hydrogens is 349 g/mol. The van der Waals surface area contributed by atoms with Gasteiger partial charge >= 0.3 is 5.97 Å². The molecule has 1 aromatic heterocycles. The van der Waals surface area contributed by atoms with Gasteiger partial charge in [0.25, 0.3) is 0 Å². The van der Waals surface area contributed by atoms with Gasteiger partial charge in [0.2, 0.25) is 0 Å². The van der Waals surface area contributed by atoms with Crippen molar-refractivity contribution in [2.75, 3.05) is 7.11 Å². The first kappa shape index (κ1) is 18.1. The summed E-state index contributed by atoms with van der Waals surface area (Å²) in [6.07, 6.45) is 0.596. The van der Waals surface area contributed by atoms with Crippen LogP contribution in [0.4, 0.5) is 4.39 Å². The van der Waals surface area contributed by atoms with Gasteiger partial charge in [-0.1, -0.05) is 12.1 Å². The molecule has 136 valence electrons. The van der Waals surface area contributed by atoms with E-state index in [0.29, 0.717) is 22.7 Å². The molecule has 7 heteroatoms. The number of halogens is 1. The third-order valence-corrected chi connectivity index (χ3v) is 3.83. The van der Waals surface area contributed by atoms with E-state index in [1.165, 1.54) is 29.9 Å². The van der Waals surface area contributed by atoms with E-state index in [2.05, 4.69) is 5.10 Å². The SMILES string of the molecule is COc1cccc(-c2nn(-c3ccc(F)cc3)cc2C(=O)O[C@H](C)C#N)c1. The van der Waals surface area contributed by atoms with E-state index in [-0.39, 0.29) is 11.4 Å². The zero-order valence-electron chi connectivity index (χ0n) is 14.7. The number of hydrogen-bond donors (Lipinski definition) is 0. The number of esters is 1. The number of hydrogen-bond acceptors (Lipinski definition) is 5. The van der Waals surface area contributed by atoms with E-state index in [9.17, 15) is 9.18 Å². The van der Waals surface area contributed by atoms with Crippen LogP contribution in [0.25, 0.3) is 16.9 Å². The van der Waals surface area contributed by atoms with Crippen LogP contribution < -0.4 is 4.74 Å². The highest BCUT2D eigenvalue weighted by atomic mass is 19.1. The monoisotopic (exact) mass is 365 g/mol. The number of carbonyl (C=O) groups excluding carboxylic acids is 1. The summed E-state index contributed by atoms with van der Waals surface area (Å²) in [7, 11) is 1.54. The highest BCUT2D eigenvalue weighted by Crippen LogP contribution is 2.27. The molecule has 0 N–H and O–H groups in total. The van der Waals surface area contributed by atoms with Gasteiger partial charge in [0.1, 0.15) is 28.9 Å². The first-order chi connectivity index (χ1) is 13.0. The molecule has 3 aromatic rings. The Morgan fingerprint density at radius 3 is 2.67 bits per heavy atom. The Bertz CT molecular complexity index is 1010. The van der Waals surface area contributed by atoms with Gasteiger partial charge in [0.05, 0.1) is 12.8 Å². The number of ether oxygens (including phenoxy) is 2. The first-order valence-electron chi connectivity index (χ1n) is 8.12. The van der Waals surface area contributed by atoms with Gasteiger partial charge in [-0.25, -0.2) is 13.9 Å². The minimum Gasteiger partial charge on any atom is -0.497 e. The van der Waals surface area contributed by atoms with Crippen LogP contribution in [0.5, 0.6) is 5.75 Å². The molecule has 0 radical (unpaired) electrons. The van der Waals surface area contributed by atoms with Crippen molar-refractivity contribution in [3.63, 3.8) is 0 Å². The number of nitriles is 1. The van der Waals surface area contributed by atoms with E-state index in [4.69, 9.17) is 14.7 Å². The highest BCUT2D eigenvalue weighted by Gasteiger charge is 2.22. The van der Waals surface area contributed by atoms with E-state index >= 15 is 0 Å². The number of nitrogens with zero attached hydrogens (tertiary/aromatic N) is 3. The Labute approximate surface area is 155 Å². The topological polar surface area (TPSA) is 77.1 Å². The van der Waals surface area contributed by atoms with Crippen molar-refractivity contribution in [1.82, 2.24) is 9.78 Å². The van der Waals surface area contributed by atoms with Crippen LogP contribution in [-0.4, -0.2) is 29.0 Å². The Balaban J connectivity index is 2.10.